The van der Waals surface area contributed by atoms with Crippen LogP contribution in [0, 0.1) is 0 Å². The third-order valence-corrected chi connectivity index (χ3v) is 5.97. The van der Waals surface area contributed by atoms with E-state index < -0.39 is 0 Å². The molecule has 0 heterocycles. The predicted octanol–water partition coefficient (Wildman–Crippen LogP) is 4.51. The molecule has 19 heavy (non-hydrogen) atoms. The van der Waals surface area contributed by atoms with Crippen LogP contribution >= 0.6 is 39.3 Å². The second kappa shape index (κ2) is 7.00. The summed E-state index contributed by atoms with van der Waals surface area (Å²) in [7, 11) is 0. The molecule has 2 atom stereocenters. The summed E-state index contributed by atoms with van der Waals surface area (Å²) in [5.74, 6) is 1.02. The SMILES string of the molecule is CCSC1CCCC1NC(=O)c1cccc(Br)c1Cl. The van der Waals surface area contributed by atoms with Gasteiger partial charge in [-0.1, -0.05) is 31.0 Å². The molecule has 1 aliphatic rings. The van der Waals surface area contributed by atoms with E-state index in [9.17, 15) is 4.79 Å². The molecule has 0 aromatic heterocycles. The van der Waals surface area contributed by atoms with Gasteiger partial charge < -0.3 is 5.32 Å². The van der Waals surface area contributed by atoms with Crippen LogP contribution in [0.3, 0.4) is 0 Å². The Bertz CT molecular complexity index is 469. The molecule has 0 bridgehead atoms. The summed E-state index contributed by atoms with van der Waals surface area (Å²) in [4.78, 5) is 12.3. The van der Waals surface area contributed by atoms with Gasteiger partial charge in [0.2, 0.25) is 0 Å². The predicted molar refractivity (Wildman–Crippen MR) is 86.2 cm³/mol. The molecule has 1 fully saturated rings. The molecule has 2 unspecified atom stereocenters. The van der Waals surface area contributed by atoms with E-state index in [1.54, 1.807) is 6.07 Å². The minimum atomic E-state index is -0.0695. The number of carbonyl (C=O) groups excluding carboxylic acids is 1. The maximum Gasteiger partial charge on any atom is 0.253 e. The zero-order valence-corrected chi connectivity index (χ0v) is 13.9. The van der Waals surface area contributed by atoms with Crippen LogP contribution in [0.1, 0.15) is 36.5 Å². The Morgan fingerprint density at radius 1 is 1.53 bits per heavy atom. The van der Waals surface area contributed by atoms with Crippen molar-refractivity contribution in [2.75, 3.05) is 5.75 Å². The lowest BCUT2D eigenvalue weighted by Gasteiger charge is -2.20. The maximum absolute atomic E-state index is 12.3. The second-order valence-electron chi connectivity index (χ2n) is 4.61. The van der Waals surface area contributed by atoms with E-state index in [0.29, 0.717) is 15.8 Å². The molecule has 1 aromatic rings. The molecule has 2 rings (SSSR count). The highest BCUT2D eigenvalue weighted by Crippen LogP contribution is 2.31. The Morgan fingerprint density at radius 2 is 2.32 bits per heavy atom. The molecule has 1 aliphatic carbocycles. The maximum atomic E-state index is 12.3. The van der Waals surface area contributed by atoms with E-state index in [1.165, 1.54) is 12.8 Å². The van der Waals surface area contributed by atoms with Crippen LogP contribution in [0.4, 0.5) is 0 Å². The van der Waals surface area contributed by atoms with E-state index in [1.807, 2.05) is 23.9 Å². The van der Waals surface area contributed by atoms with Crippen molar-refractivity contribution in [2.45, 2.75) is 37.5 Å². The lowest BCUT2D eigenvalue weighted by molar-refractivity contribution is 0.0939. The Kier molecular flexibility index (Phi) is 5.60. The van der Waals surface area contributed by atoms with Crippen molar-refractivity contribution in [2.24, 2.45) is 0 Å². The highest BCUT2D eigenvalue weighted by molar-refractivity contribution is 9.10. The molecule has 2 nitrogen and oxygen atoms in total. The number of carbonyl (C=O) groups is 1. The Balaban J connectivity index is 2.06. The summed E-state index contributed by atoms with van der Waals surface area (Å²) >= 11 is 11.4. The van der Waals surface area contributed by atoms with Crippen LogP contribution in [-0.2, 0) is 0 Å². The van der Waals surface area contributed by atoms with E-state index in [0.717, 1.165) is 16.6 Å². The van der Waals surface area contributed by atoms with Gasteiger partial charge in [0.05, 0.1) is 10.6 Å². The average Bonchev–Trinajstić information content (AvgIpc) is 2.80. The number of rotatable bonds is 4. The number of amides is 1. The van der Waals surface area contributed by atoms with Gasteiger partial charge in [0.1, 0.15) is 0 Å². The average molecular weight is 363 g/mol. The highest BCUT2D eigenvalue weighted by atomic mass is 79.9. The van der Waals surface area contributed by atoms with Gasteiger partial charge >= 0.3 is 0 Å². The van der Waals surface area contributed by atoms with Crippen molar-refractivity contribution in [3.05, 3.63) is 33.3 Å². The van der Waals surface area contributed by atoms with Crippen molar-refractivity contribution < 1.29 is 4.79 Å². The summed E-state index contributed by atoms with van der Waals surface area (Å²) < 4.78 is 0.757. The highest BCUT2D eigenvalue weighted by Gasteiger charge is 2.29. The van der Waals surface area contributed by atoms with Gasteiger partial charge in [0.25, 0.3) is 5.91 Å². The molecule has 1 aromatic carbocycles. The Hall–Kier alpha value is -0.190. The third kappa shape index (κ3) is 3.67. The van der Waals surface area contributed by atoms with Crippen molar-refractivity contribution in [3.63, 3.8) is 0 Å². The van der Waals surface area contributed by atoms with Crippen LogP contribution in [0.15, 0.2) is 22.7 Å². The standard InChI is InChI=1S/C14H17BrClNOS/c1-2-19-12-8-4-7-11(12)17-14(18)9-5-3-6-10(15)13(9)16/h3,5-6,11-12H,2,4,7-8H2,1H3,(H,17,18). The minimum absolute atomic E-state index is 0.0695. The second-order valence-corrected chi connectivity index (χ2v) is 7.35. The number of halogens is 2. The first kappa shape index (κ1) is 15.2. The molecule has 0 spiro atoms. The lowest BCUT2D eigenvalue weighted by Crippen LogP contribution is -2.38. The van der Waals surface area contributed by atoms with Crippen LogP contribution in [0.2, 0.25) is 5.02 Å². The van der Waals surface area contributed by atoms with Crippen molar-refractivity contribution in [1.29, 1.82) is 0 Å². The van der Waals surface area contributed by atoms with Gasteiger partial charge in [0.15, 0.2) is 0 Å². The molecule has 5 heteroatoms. The topological polar surface area (TPSA) is 29.1 Å². The van der Waals surface area contributed by atoms with Crippen molar-refractivity contribution in [1.82, 2.24) is 5.32 Å². The van der Waals surface area contributed by atoms with Crippen LogP contribution in [0.5, 0.6) is 0 Å². The first-order valence-electron chi connectivity index (χ1n) is 6.50. The summed E-state index contributed by atoms with van der Waals surface area (Å²) in [6, 6.07) is 5.70. The zero-order chi connectivity index (χ0) is 13.8. The molecule has 104 valence electrons. The molecular formula is C14H17BrClNOS. The third-order valence-electron chi connectivity index (χ3n) is 3.35. The van der Waals surface area contributed by atoms with E-state index in [4.69, 9.17) is 11.6 Å². The summed E-state index contributed by atoms with van der Waals surface area (Å²) in [5, 5.41) is 4.16. The normalized spacial score (nSPS) is 22.5. The molecule has 1 saturated carbocycles. The fraction of sp³-hybridized carbons (Fsp3) is 0.500. The number of benzene rings is 1. The lowest BCUT2D eigenvalue weighted by atomic mass is 10.2. The molecule has 1 amide bonds. The summed E-state index contributed by atoms with van der Waals surface area (Å²) in [6.45, 7) is 2.16. The van der Waals surface area contributed by atoms with E-state index in [-0.39, 0.29) is 11.9 Å². The van der Waals surface area contributed by atoms with Crippen LogP contribution in [0.25, 0.3) is 0 Å². The number of thioether (sulfide) groups is 1. The van der Waals surface area contributed by atoms with Gasteiger partial charge in [-0.2, -0.15) is 11.8 Å². The fourth-order valence-electron chi connectivity index (χ4n) is 2.43. The van der Waals surface area contributed by atoms with Gasteiger partial charge in [-0.3, -0.25) is 4.79 Å². The Morgan fingerprint density at radius 3 is 3.05 bits per heavy atom. The van der Waals surface area contributed by atoms with Gasteiger partial charge in [0, 0.05) is 15.8 Å². The summed E-state index contributed by atoms with van der Waals surface area (Å²) in [6.07, 6.45) is 3.44. The zero-order valence-electron chi connectivity index (χ0n) is 10.8. The van der Waals surface area contributed by atoms with Crippen molar-refractivity contribution >= 4 is 45.2 Å². The Labute approximate surface area is 131 Å². The van der Waals surface area contributed by atoms with Crippen LogP contribution in [-0.4, -0.2) is 23.0 Å². The largest absolute Gasteiger partial charge is 0.348 e. The molecular weight excluding hydrogens is 346 g/mol. The molecule has 0 radical (unpaired) electrons. The van der Waals surface area contributed by atoms with Gasteiger partial charge in [-0.15, -0.1) is 0 Å². The van der Waals surface area contributed by atoms with Gasteiger partial charge in [-0.05, 0) is 46.7 Å². The van der Waals surface area contributed by atoms with E-state index >= 15 is 0 Å². The first-order chi connectivity index (χ1) is 9.13. The quantitative estimate of drug-likeness (QED) is 0.854. The molecule has 0 aliphatic heterocycles. The van der Waals surface area contributed by atoms with E-state index in [2.05, 4.69) is 28.2 Å². The van der Waals surface area contributed by atoms with Gasteiger partial charge in [-0.25, -0.2) is 0 Å². The van der Waals surface area contributed by atoms with Crippen LogP contribution < -0.4 is 5.32 Å². The smallest absolute Gasteiger partial charge is 0.253 e. The molecule has 1 N–H and O–H groups in total. The summed E-state index contributed by atoms with van der Waals surface area (Å²) in [5.41, 5.74) is 0.545. The first-order valence-corrected chi connectivity index (χ1v) is 8.72. The number of nitrogens with one attached hydrogen (secondary N) is 1. The van der Waals surface area contributed by atoms with Crippen molar-refractivity contribution in [3.8, 4) is 0 Å². The number of hydrogen-bond acceptors (Lipinski definition) is 2. The number of hydrogen-bond donors (Lipinski definition) is 1. The molecule has 0 saturated heterocycles. The minimum Gasteiger partial charge on any atom is -0.348 e. The monoisotopic (exact) mass is 361 g/mol. The fourth-order valence-corrected chi connectivity index (χ4v) is 4.21.